The first kappa shape index (κ1) is 37.5. The second-order valence-corrected chi connectivity index (χ2v) is 10.4. The molecule has 2 aromatic carbocycles. The molecule has 17 heteroatoms. The highest BCUT2D eigenvalue weighted by atomic mass is 32.1. The highest BCUT2D eigenvalue weighted by Gasteiger charge is 2.13. The predicted octanol–water partition coefficient (Wildman–Crippen LogP) is 7.52. The number of rotatable bonds is 12. The summed E-state index contributed by atoms with van der Waals surface area (Å²) in [6.07, 6.45) is 5.42. The van der Waals surface area contributed by atoms with E-state index in [4.69, 9.17) is 25.3 Å². The Balaban J connectivity index is 0.000000274. The Hall–Kier alpha value is -5.73. The molecule has 4 aromatic rings. The lowest BCUT2D eigenvalue weighted by molar-refractivity contribution is -0.141. The Morgan fingerprint density at radius 3 is 1.83 bits per heavy atom. The summed E-state index contributed by atoms with van der Waals surface area (Å²) >= 11 is 2.70. The third kappa shape index (κ3) is 12.3. The van der Waals surface area contributed by atoms with E-state index < -0.39 is 11.9 Å². The zero-order valence-corrected chi connectivity index (χ0v) is 27.4. The number of carbonyl (C=O) groups excluding carboxylic acids is 3. The molecule has 0 bridgehead atoms. The van der Waals surface area contributed by atoms with Crippen LogP contribution < -0.4 is 9.47 Å². The first-order chi connectivity index (χ1) is 22.8. The molecule has 244 valence electrons. The van der Waals surface area contributed by atoms with E-state index in [1.807, 2.05) is 48.5 Å². The minimum absolute atomic E-state index is 0.107. The number of thiazole rings is 2. The Bertz CT molecular complexity index is 1760. The van der Waals surface area contributed by atoms with Gasteiger partial charge < -0.3 is 18.9 Å². The Morgan fingerprint density at radius 2 is 1.36 bits per heavy atom. The van der Waals surface area contributed by atoms with Gasteiger partial charge >= 0.3 is 11.9 Å². The van der Waals surface area contributed by atoms with Crippen LogP contribution in [0.1, 0.15) is 28.4 Å². The van der Waals surface area contributed by atoms with Gasteiger partial charge in [0.1, 0.15) is 33.8 Å². The Morgan fingerprint density at radius 1 is 0.830 bits per heavy atom. The van der Waals surface area contributed by atoms with E-state index in [9.17, 15) is 14.4 Å². The van der Waals surface area contributed by atoms with Crippen molar-refractivity contribution in [2.24, 2.45) is 10.2 Å². The monoisotopic (exact) mass is 678 g/mol. The topological polar surface area (TPSA) is 211 Å². The highest BCUT2D eigenvalue weighted by Crippen LogP contribution is 2.34. The molecular formula is C30H30N8O7S2. The summed E-state index contributed by atoms with van der Waals surface area (Å²) < 4.78 is 19.8. The number of aldehydes is 1. The lowest BCUT2D eigenvalue weighted by Crippen LogP contribution is -2.06. The first-order valence-corrected chi connectivity index (χ1v) is 15.2. The van der Waals surface area contributed by atoms with Crippen LogP contribution in [0, 0.1) is 0 Å². The average Bonchev–Trinajstić information content (AvgIpc) is 3.78. The van der Waals surface area contributed by atoms with Crippen molar-refractivity contribution in [3.05, 3.63) is 97.3 Å². The summed E-state index contributed by atoms with van der Waals surface area (Å²) in [4.78, 5) is 47.4. The van der Waals surface area contributed by atoms with E-state index in [-0.39, 0.29) is 18.8 Å². The van der Waals surface area contributed by atoms with Crippen LogP contribution in [0.2, 0.25) is 0 Å². The summed E-state index contributed by atoms with van der Waals surface area (Å²) in [5, 5.41) is 7.91. The van der Waals surface area contributed by atoms with Gasteiger partial charge in [-0.25, -0.2) is 14.8 Å². The van der Waals surface area contributed by atoms with Gasteiger partial charge in [0, 0.05) is 27.1 Å². The smallest absolute Gasteiger partial charge is 0.340 e. The molecule has 0 N–H and O–H groups in total. The molecule has 47 heavy (non-hydrogen) atoms. The maximum Gasteiger partial charge on any atom is 0.340 e. The van der Waals surface area contributed by atoms with Gasteiger partial charge in [-0.05, 0) is 55.3 Å². The normalized spacial score (nSPS) is 9.91. The second-order valence-electron chi connectivity index (χ2n) is 8.29. The molecule has 0 radical (unpaired) electrons. The second kappa shape index (κ2) is 21.1. The number of nitrogens with zero attached hydrogens (tertiary/aromatic N) is 8. The number of hydrogen-bond acceptors (Lipinski definition) is 13. The molecule has 0 aliphatic rings. The van der Waals surface area contributed by atoms with Gasteiger partial charge in [-0.3, -0.25) is 9.59 Å². The quantitative estimate of drug-likeness (QED) is 0.0361. The Kier molecular flexibility index (Phi) is 16.8. The van der Waals surface area contributed by atoms with Gasteiger partial charge in [-0.2, -0.15) is 0 Å². The summed E-state index contributed by atoms with van der Waals surface area (Å²) in [6, 6.07) is 15.1. The molecule has 0 amide bonds. The SMILES string of the molecule is CCOC(=O)/C(=C/c1cnc(-c2ccccc2OC)s1)N=[N+]=[N-].CCOC(=O)CN=[N+]=[N-].COc1ccccc1-c1ncc(C=O)s1. The van der Waals surface area contributed by atoms with Crippen LogP contribution in [0.4, 0.5) is 0 Å². The van der Waals surface area contributed by atoms with Crippen molar-refractivity contribution in [1.82, 2.24) is 9.97 Å². The maximum absolute atomic E-state index is 11.7. The van der Waals surface area contributed by atoms with Gasteiger partial charge in [0.25, 0.3) is 0 Å². The molecule has 4 rings (SSSR count). The summed E-state index contributed by atoms with van der Waals surface area (Å²) in [5.74, 6) is 0.315. The number of para-hydroxylation sites is 2. The lowest BCUT2D eigenvalue weighted by atomic mass is 10.2. The minimum Gasteiger partial charge on any atom is -0.496 e. The van der Waals surface area contributed by atoms with Crippen molar-refractivity contribution in [3.8, 4) is 32.6 Å². The van der Waals surface area contributed by atoms with Crippen molar-refractivity contribution in [2.75, 3.05) is 34.0 Å². The van der Waals surface area contributed by atoms with Crippen LogP contribution in [0.3, 0.4) is 0 Å². The molecule has 0 saturated carbocycles. The summed E-state index contributed by atoms with van der Waals surface area (Å²) in [6.45, 7) is 3.67. The Labute approximate surface area is 277 Å². The molecule has 0 aliphatic carbocycles. The number of hydrogen-bond donors (Lipinski definition) is 0. The molecule has 0 atom stereocenters. The fourth-order valence-corrected chi connectivity index (χ4v) is 5.04. The molecular weight excluding hydrogens is 649 g/mol. The third-order valence-electron chi connectivity index (χ3n) is 5.32. The van der Waals surface area contributed by atoms with E-state index in [1.54, 1.807) is 40.5 Å². The number of carbonyl (C=O) groups is 3. The zero-order valence-electron chi connectivity index (χ0n) is 25.8. The summed E-state index contributed by atoms with van der Waals surface area (Å²) in [7, 11) is 3.21. The van der Waals surface area contributed by atoms with Crippen molar-refractivity contribution < 1.29 is 33.3 Å². The molecule has 0 aliphatic heterocycles. The molecule has 2 aromatic heterocycles. The zero-order chi connectivity index (χ0) is 34.4. The van der Waals surface area contributed by atoms with Crippen LogP contribution in [-0.4, -0.2) is 62.2 Å². The molecule has 0 spiro atoms. The predicted molar refractivity (Wildman–Crippen MR) is 178 cm³/mol. The van der Waals surface area contributed by atoms with E-state index >= 15 is 0 Å². The fourth-order valence-electron chi connectivity index (χ4n) is 3.40. The number of ether oxygens (including phenoxy) is 4. The molecule has 0 unspecified atom stereocenters. The molecule has 2 heterocycles. The van der Waals surface area contributed by atoms with Gasteiger partial charge in [-0.1, -0.05) is 34.5 Å². The first-order valence-electron chi connectivity index (χ1n) is 13.6. The number of azide groups is 2. The van der Waals surface area contributed by atoms with Crippen molar-refractivity contribution in [2.45, 2.75) is 13.8 Å². The average molecular weight is 679 g/mol. The molecule has 15 nitrogen and oxygen atoms in total. The molecule has 0 saturated heterocycles. The van der Waals surface area contributed by atoms with Gasteiger partial charge in [0.15, 0.2) is 6.29 Å². The van der Waals surface area contributed by atoms with Gasteiger partial charge in [0.2, 0.25) is 0 Å². The van der Waals surface area contributed by atoms with Gasteiger partial charge in [0.05, 0.1) is 43.4 Å². The largest absolute Gasteiger partial charge is 0.496 e. The van der Waals surface area contributed by atoms with E-state index in [0.717, 1.165) is 33.2 Å². The van der Waals surface area contributed by atoms with E-state index in [1.165, 1.54) is 28.7 Å². The van der Waals surface area contributed by atoms with Crippen LogP contribution in [-0.2, 0) is 19.1 Å². The minimum atomic E-state index is -0.669. The van der Waals surface area contributed by atoms with E-state index in [2.05, 4.69) is 34.8 Å². The van der Waals surface area contributed by atoms with E-state index in [0.29, 0.717) is 22.1 Å². The van der Waals surface area contributed by atoms with Crippen LogP contribution in [0.25, 0.3) is 48.1 Å². The molecule has 0 fully saturated rings. The lowest BCUT2D eigenvalue weighted by Gasteiger charge is -2.04. The number of esters is 2. The highest BCUT2D eigenvalue weighted by molar-refractivity contribution is 7.16. The van der Waals surface area contributed by atoms with Crippen molar-refractivity contribution in [1.29, 1.82) is 0 Å². The van der Waals surface area contributed by atoms with Crippen molar-refractivity contribution >= 4 is 47.0 Å². The van der Waals surface area contributed by atoms with Crippen molar-refractivity contribution in [3.63, 3.8) is 0 Å². The fraction of sp³-hybridized carbons (Fsp3) is 0.233. The third-order valence-corrected chi connectivity index (χ3v) is 7.26. The number of aromatic nitrogens is 2. The summed E-state index contributed by atoms with van der Waals surface area (Å²) in [5.41, 5.74) is 18.0. The number of methoxy groups -OCH3 is 2. The van der Waals surface area contributed by atoms with Crippen LogP contribution in [0.5, 0.6) is 11.5 Å². The van der Waals surface area contributed by atoms with Crippen LogP contribution in [0.15, 0.2) is 76.9 Å². The van der Waals surface area contributed by atoms with Gasteiger partial charge in [-0.15, -0.1) is 22.7 Å². The van der Waals surface area contributed by atoms with Crippen LogP contribution >= 0.6 is 22.7 Å². The standard InChI is InChI=1S/C15H14N4O3S.C11H9NO2S.C4H7N3O2/c1-3-22-15(20)12(18-19-16)8-10-9-17-14(23-10)11-6-4-5-7-13(11)21-2;1-14-10-5-3-2-4-9(10)11-12-6-8(7-13)15-11;1-2-9-4(8)3-6-7-5/h4-9H,3H2,1-2H3;2-7H,1H3;2-3H2,1H3/b12-8-;;. The number of benzene rings is 2. The maximum atomic E-state index is 11.7.